The number of hydrogen-bond acceptors (Lipinski definition) is 3. The molecule has 0 radical (unpaired) electrons. The fourth-order valence-corrected chi connectivity index (χ4v) is 0.887. The molecule has 0 aliphatic heterocycles. The Bertz CT molecular complexity index is 192. The van der Waals surface area contributed by atoms with E-state index in [9.17, 15) is 9.59 Å². The van der Waals surface area contributed by atoms with Crippen molar-refractivity contribution in [3.8, 4) is 0 Å². The Labute approximate surface area is 130 Å². The van der Waals surface area contributed by atoms with Crippen LogP contribution in [0.25, 0.3) is 0 Å². The third kappa shape index (κ3) is 21.9. The zero-order valence-electron chi connectivity index (χ0n) is 11.5. The van der Waals surface area contributed by atoms with Gasteiger partial charge >= 0.3 is 0 Å². The molecule has 0 aromatic carbocycles. The van der Waals surface area contributed by atoms with Crippen molar-refractivity contribution in [2.24, 2.45) is 0 Å². The molecule has 0 rings (SSSR count). The van der Waals surface area contributed by atoms with Gasteiger partial charge in [0.1, 0.15) is 5.78 Å². The maximum atomic E-state index is 11.1. The molecule has 0 atom stereocenters. The van der Waals surface area contributed by atoms with E-state index in [0.717, 1.165) is 13.0 Å². The van der Waals surface area contributed by atoms with Crippen LogP contribution in [-0.4, -0.2) is 31.4 Å². The number of ketones is 1. The van der Waals surface area contributed by atoms with Gasteiger partial charge in [-0.15, -0.1) is 0 Å². The normalized spacial score (nSPS) is 8.47. The summed E-state index contributed by atoms with van der Waals surface area (Å²) in [4.78, 5) is 21.6. The summed E-state index contributed by atoms with van der Waals surface area (Å²) >= 11 is 0. The monoisotopic (exact) mass is 471 g/mol. The van der Waals surface area contributed by atoms with E-state index >= 15 is 0 Å². The summed E-state index contributed by atoms with van der Waals surface area (Å²) in [5, 5.41) is 2.68. The van der Waals surface area contributed by atoms with E-state index in [1.54, 1.807) is 0 Å². The number of amides is 1. The standard InChI is InChI=1S/C10H19NO3.C2H6.U.H2/c1-3-7-14-8-6-11-10(13)5-4-9(2)12;1-2;;/h3-8H2,1-2H3,(H,11,13);1-2H3;;1H. The van der Waals surface area contributed by atoms with E-state index in [2.05, 4.69) is 5.32 Å². The van der Waals surface area contributed by atoms with Crippen LogP contribution < -0.4 is 5.32 Å². The first kappa shape index (κ1) is 22.3. The molecule has 0 saturated heterocycles. The summed E-state index contributed by atoms with van der Waals surface area (Å²) in [7, 11) is 0. The molecule has 1 N–H and O–H groups in total. The average Bonchev–Trinajstić information content (AvgIpc) is 2.29. The van der Waals surface area contributed by atoms with Crippen LogP contribution in [-0.2, 0) is 14.3 Å². The van der Waals surface area contributed by atoms with Gasteiger partial charge in [-0.2, -0.15) is 0 Å². The van der Waals surface area contributed by atoms with Crippen molar-refractivity contribution in [2.45, 2.75) is 47.0 Å². The third-order valence-corrected chi connectivity index (χ3v) is 1.62. The minimum absolute atomic E-state index is 0. The van der Waals surface area contributed by atoms with Gasteiger partial charge in [-0.05, 0) is 13.3 Å². The average molecular weight is 471 g/mol. The zero-order chi connectivity index (χ0) is 12.8. The second-order valence-electron chi connectivity index (χ2n) is 3.16. The number of nitrogens with one attached hydrogen (secondary N) is 1. The van der Waals surface area contributed by atoms with E-state index in [1.807, 2.05) is 20.8 Å². The van der Waals surface area contributed by atoms with Crippen molar-refractivity contribution in [3.63, 3.8) is 0 Å². The Morgan fingerprint density at radius 1 is 1.18 bits per heavy atom. The summed E-state index contributed by atoms with van der Waals surface area (Å²) in [5.41, 5.74) is 0. The van der Waals surface area contributed by atoms with Gasteiger partial charge < -0.3 is 14.8 Å². The first-order valence-electron chi connectivity index (χ1n) is 6.00. The summed E-state index contributed by atoms with van der Waals surface area (Å²) in [6, 6.07) is 0. The molecule has 0 aliphatic carbocycles. The van der Waals surface area contributed by atoms with Crippen LogP contribution in [0.1, 0.15) is 48.4 Å². The van der Waals surface area contributed by atoms with Gasteiger partial charge in [-0.3, -0.25) is 4.79 Å². The van der Waals surface area contributed by atoms with E-state index in [0.29, 0.717) is 19.6 Å². The van der Waals surface area contributed by atoms with Crippen molar-refractivity contribution < 1.29 is 46.9 Å². The van der Waals surface area contributed by atoms with E-state index < -0.39 is 0 Å². The number of carbonyl (C=O) groups is 2. The first-order chi connectivity index (χ1) is 7.66. The second-order valence-corrected chi connectivity index (χ2v) is 3.16. The van der Waals surface area contributed by atoms with Crippen LogP contribution in [0.2, 0.25) is 0 Å². The molecular weight excluding hydrogens is 444 g/mol. The van der Waals surface area contributed by atoms with Crippen LogP contribution in [0.15, 0.2) is 0 Å². The van der Waals surface area contributed by atoms with Gasteiger partial charge in [0.25, 0.3) is 0 Å². The predicted molar refractivity (Wildman–Crippen MR) is 67.5 cm³/mol. The van der Waals surface area contributed by atoms with Gasteiger partial charge in [0, 0.05) is 58.5 Å². The van der Waals surface area contributed by atoms with Crippen molar-refractivity contribution in [2.75, 3.05) is 19.8 Å². The van der Waals surface area contributed by atoms with E-state index in [1.165, 1.54) is 6.92 Å². The SMILES string of the molecule is CC.CCCOCCNC(=O)CCC(C)=O.[HH].[U]. The van der Waals surface area contributed by atoms with E-state index in [-0.39, 0.29) is 50.7 Å². The maximum absolute atomic E-state index is 11.1. The molecule has 0 saturated carbocycles. The molecule has 0 aromatic rings. The summed E-state index contributed by atoms with van der Waals surface area (Å²) in [5.74, 6) is -0.0392. The van der Waals surface area contributed by atoms with E-state index in [4.69, 9.17) is 4.74 Å². The van der Waals surface area contributed by atoms with Crippen molar-refractivity contribution >= 4 is 11.7 Å². The molecule has 5 heteroatoms. The van der Waals surface area contributed by atoms with Crippen LogP contribution in [0, 0.1) is 31.1 Å². The minimum Gasteiger partial charge on any atom is -0.380 e. The fraction of sp³-hybridized carbons (Fsp3) is 0.833. The molecule has 0 spiro atoms. The van der Waals surface area contributed by atoms with Gasteiger partial charge in [0.05, 0.1) is 6.61 Å². The molecule has 0 aliphatic rings. The molecule has 0 bridgehead atoms. The topological polar surface area (TPSA) is 55.4 Å². The smallest absolute Gasteiger partial charge is 0.220 e. The molecule has 102 valence electrons. The minimum atomic E-state index is -0.0831. The predicted octanol–water partition coefficient (Wildman–Crippen LogP) is 2.17. The molecule has 1 amide bonds. The Hall–Kier alpha value is 0.152. The van der Waals surface area contributed by atoms with Crippen molar-refractivity contribution in [1.82, 2.24) is 5.32 Å². The summed E-state index contributed by atoms with van der Waals surface area (Å²) in [6.07, 6.45) is 1.59. The molecule has 0 heterocycles. The second kappa shape index (κ2) is 18.5. The molecular formula is C12H27NO3U. The Morgan fingerprint density at radius 2 is 1.76 bits per heavy atom. The molecule has 0 fully saturated rings. The Balaban J connectivity index is -0.000000232. The van der Waals surface area contributed by atoms with Crippen LogP contribution in [0.4, 0.5) is 0 Å². The number of rotatable bonds is 8. The van der Waals surface area contributed by atoms with Crippen molar-refractivity contribution in [1.29, 1.82) is 0 Å². The maximum Gasteiger partial charge on any atom is 0.220 e. The molecule has 0 unspecified atom stereocenters. The molecule has 17 heavy (non-hydrogen) atoms. The van der Waals surface area contributed by atoms with Gasteiger partial charge in [0.15, 0.2) is 0 Å². The van der Waals surface area contributed by atoms with Crippen LogP contribution >= 0.6 is 0 Å². The van der Waals surface area contributed by atoms with Gasteiger partial charge in [-0.1, -0.05) is 20.8 Å². The van der Waals surface area contributed by atoms with Crippen LogP contribution in [0.5, 0.6) is 0 Å². The molecule has 0 aromatic heterocycles. The third-order valence-electron chi connectivity index (χ3n) is 1.62. The molecule has 4 nitrogen and oxygen atoms in total. The largest absolute Gasteiger partial charge is 0.380 e. The fourth-order valence-electron chi connectivity index (χ4n) is 0.887. The first-order valence-corrected chi connectivity index (χ1v) is 6.00. The number of Topliss-reactive ketones (excluding diaryl/α,β-unsaturated/α-hetero) is 1. The van der Waals surface area contributed by atoms with Gasteiger partial charge in [0.2, 0.25) is 5.91 Å². The zero-order valence-corrected chi connectivity index (χ0v) is 15.6. The summed E-state index contributed by atoms with van der Waals surface area (Å²) < 4.78 is 5.18. The Kier molecular flexibility index (Phi) is 24.3. The van der Waals surface area contributed by atoms with Crippen molar-refractivity contribution in [3.05, 3.63) is 0 Å². The van der Waals surface area contributed by atoms with Crippen LogP contribution in [0.3, 0.4) is 0 Å². The Morgan fingerprint density at radius 3 is 2.24 bits per heavy atom. The number of hydrogen-bond donors (Lipinski definition) is 1. The number of ether oxygens (including phenoxy) is 1. The number of carbonyl (C=O) groups excluding carboxylic acids is 2. The van der Waals surface area contributed by atoms with Gasteiger partial charge in [-0.25, -0.2) is 0 Å². The quantitative estimate of drug-likeness (QED) is 0.553. The summed E-state index contributed by atoms with van der Waals surface area (Å²) in [6.45, 7) is 9.31.